The Morgan fingerprint density at radius 2 is 2.00 bits per heavy atom. The summed E-state index contributed by atoms with van der Waals surface area (Å²) in [7, 11) is 1.83. The Balaban J connectivity index is 2.49. The molecule has 0 aliphatic carbocycles. The molecular formula is C11H15NOS. The third-order valence-corrected chi connectivity index (χ3v) is 2.69. The first-order valence-corrected chi connectivity index (χ1v) is 5.64. The van der Waals surface area contributed by atoms with Crippen molar-refractivity contribution in [3.05, 3.63) is 35.9 Å². The SMILES string of the molecule is CCSC(=O)N(C)Cc1ccccc1. The number of rotatable bonds is 3. The molecular weight excluding hydrogens is 194 g/mol. The molecule has 0 aromatic heterocycles. The van der Waals surface area contributed by atoms with E-state index in [1.165, 1.54) is 17.3 Å². The van der Waals surface area contributed by atoms with Gasteiger partial charge in [-0.1, -0.05) is 49.0 Å². The van der Waals surface area contributed by atoms with Gasteiger partial charge in [-0.15, -0.1) is 0 Å². The molecule has 0 aliphatic heterocycles. The highest BCUT2D eigenvalue weighted by Crippen LogP contribution is 2.10. The number of nitrogens with zero attached hydrogens (tertiary/aromatic N) is 1. The Bertz CT molecular complexity index is 287. The van der Waals surface area contributed by atoms with Crippen LogP contribution in [0.3, 0.4) is 0 Å². The number of carbonyl (C=O) groups is 1. The lowest BCUT2D eigenvalue weighted by Gasteiger charge is -2.15. The van der Waals surface area contributed by atoms with Gasteiger partial charge in [0.05, 0.1) is 0 Å². The van der Waals surface area contributed by atoms with Crippen LogP contribution in [-0.2, 0) is 6.54 Å². The minimum atomic E-state index is 0.136. The van der Waals surface area contributed by atoms with Gasteiger partial charge in [0.2, 0.25) is 0 Å². The molecule has 76 valence electrons. The molecule has 1 aromatic carbocycles. The number of amides is 1. The van der Waals surface area contributed by atoms with Gasteiger partial charge in [-0.05, 0) is 11.3 Å². The van der Waals surface area contributed by atoms with E-state index in [1.807, 2.05) is 44.3 Å². The summed E-state index contributed by atoms with van der Waals surface area (Å²) in [5.41, 5.74) is 1.17. The van der Waals surface area contributed by atoms with Crippen molar-refractivity contribution in [2.24, 2.45) is 0 Å². The van der Waals surface area contributed by atoms with Crippen molar-refractivity contribution >= 4 is 17.0 Å². The highest BCUT2D eigenvalue weighted by Gasteiger charge is 2.07. The smallest absolute Gasteiger partial charge is 0.281 e. The van der Waals surface area contributed by atoms with Crippen molar-refractivity contribution in [2.75, 3.05) is 12.8 Å². The zero-order valence-corrected chi connectivity index (χ0v) is 9.38. The summed E-state index contributed by atoms with van der Waals surface area (Å²) in [4.78, 5) is 13.2. The summed E-state index contributed by atoms with van der Waals surface area (Å²) in [5.74, 6) is 0.831. The number of benzene rings is 1. The van der Waals surface area contributed by atoms with Gasteiger partial charge in [0.25, 0.3) is 5.24 Å². The van der Waals surface area contributed by atoms with Crippen LogP contribution in [0, 0.1) is 0 Å². The van der Waals surface area contributed by atoms with Crippen LogP contribution in [0.4, 0.5) is 4.79 Å². The van der Waals surface area contributed by atoms with E-state index in [4.69, 9.17) is 0 Å². The normalized spacial score (nSPS) is 9.86. The van der Waals surface area contributed by atoms with Gasteiger partial charge in [-0.2, -0.15) is 0 Å². The average molecular weight is 209 g/mol. The predicted octanol–water partition coefficient (Wildman–Crippen LogP) is 2.99. The molecule has 0 radical (unpaired) electrons. The molecule has 3 heteroatoms. The molecule has 0 atom stereocenters. The maximum atomic E-state index is 11.4. The summed E-state index contributed by atoms with van der Waals surface area (Å²) < 4.78 is 0. The monoisotopic (exact) mass is 209 g/mol. The number of hydrogen-bond donors (Lipinski definition) is 0. The van der Waals surface area contributed by atoms with Crippen LogP contribution < -0.4 is 0 Å². The molecule has 0 saturated heterocycles. The molecule has 0 fully saturated rings. The summed E-state index contributed by atoms with van der Waals surface area (Å²) in [6.45, 7) is 2.67. The first-order chi connectivity index (χ1) is 6.74. The molecule has 0 spiro atoms. The Labute approximate surface area is 89.3 Å². The van der Waals surface area contributed by atoms with Crippen LogP contribution in [0.15, 0.2) is 30.3 Å². The second-order valence-electron chi connectivity index (χ2n) is 3.04. The van der Waals surface area contributed by atoms with Crippen LogP contribution in [0.2, 0.25) is 0 Å². The van der Waals surface area contributed by atoms with E-state index in [1.54, 1.807) is 4.90 Å². The van der Waals surface area contributed by atoms with Gasteiger partial charge >= 0.3 is 0 Å². The molecule has 0 saturated carbocycles. The standard InChI is InChI=1S/C11H15NOS/c1-3-14-11(13)12(2)9-10-7-5-4-6-8-10/h4-8H,3,9H2,1-2H3. The summed E-state index contributed by atoms with van der Waals surface area (Å²) in [5, 5.41) is 0.136. The van der Waals surface area contributed by atoms with Crippen LogP contribution in [-0.4, -0.2) is 22.9 Å². The largest absolute Gasteiger partial charge is 0.332 e. The molecule has 1 amide bonds. The summed E-state index contributed by atoms with van der Waals surface area (Å²) >= 11 is 1.35. The van der Waals surface area contributed by atoms with Gasteiger partial charge in [-0.25, -0.2) is 0 Å². The number of thioether (sulfide) groups is 1. The molecule has 0 heterocycles. The van der Waals surface area contributed by atoms with E-state index in [0.717, 1.165) is 5.75 Å². The van der Waals surface area contributed by atoms with Crippen LogP contribution in [0.5, 0.6) is 0 Å². The molecule has 1 aromatic rings. The topological polar surface area (TPSA) is 20.3 Å². The van der Waals surface area contributed by atoms with E-state index in [0.29, 0.717) is 6.54 Å². The van der Waals surface area contributed by atoms with Crippen molar-refractivity contribution in [1.82, 2.24) is 4.90 Å². The summed E-state index contributed by atoms with van der Waals surface area (Å²) in [6.07, 6.45) is 0. The Hall–Kier alpha value is -0.960. The Morgan fingerprint density at radius 1 is 1.36 bits per heavy atom. The van der Waals surface area contributed by atoms with Gasteiger partial charge in [0, 0.05) is 13.6 Å². The molecule has 14 heavy (non-hydrogen) atoms. The Morgan fingerprint density at radius 3 is 2.57 bits per heavy atom. The first-order valence-electron chi connectivity index (χ1n) is 4.66. The van der Waals surface area contributed by atoms with Gasteiger partial charge < -0.3 is 4.90 Å². The minimum absolute atomic E-state index is 0.136. The van der Waals surface area contributed by atoms with Crippen LogP contribution in [0.1, 0.15) is 12.5 Å². The van der Waals surface area contributed by atoms with E-state index in [-0.39, 0.29) is 5.24 Å². The second kappa shape index (κ2) is 5.70. The zero-order chi connectivity index (χ0) is 10.4. The maximum Gasteiger partial charge on any atom is 0.281 e. The van der Waals surface area contributed by atoms with Gasteiger partial charge in [0.15, 0.2) is 0 Å². The zero-order valence-electron chi connectivity index (χ0n) is 8.56. The second-order valence-corrected chi connectivity index (χ2v) is 4.26. The number of carbonyl (C=O) groups excluding carboxylic acids is 1. The molecule has 0 bridgehead atoms. The van der Waals surface area contributed by atoms with E-state index < -0.39 is 0 Å². The van der Waals surface area contributed by atoms with Crippen molar-refractivity contribution in [3.8, 4) is 0 Å². The predicted molar refractivity (Wildman–Crippen MR) is 61.4 cm³/mol. The van der Waals surface area contributed by atoms with Crippen molar-refractivity contribution < 1.29 is 4.79 Å². The minimum Gasteiger partial charge on any atom is -0.332 e. The quantitative estimate of drug-likeness (QED) is 0.762. The lowest BCUT2D eigenvalue weighted by atomic mass is 10.2. The molecule has 1 rings (SSSR count). The fraction of sp³-hybridized carbons (Fsp3) is 0.364. The first kappa shape index (κ1) is 11.1. The van der Waals surface area contributed by atoms with E-state index >= 15 is 0 Å². The third kappa shape index (κ3) is 3.42. The molecule has 0 unspecified atom stereocenters. The lowest BCUT2D eigenvalue weighted by molar-refractivity contribution is 0.232. The molecule has 0 aliphatic rings. The van der Waals surface area contributed by atoms with E-state index in [9.17, 15) is 4.79 Å². The van der Waals surface area contributed by atoms with Crippen LogP contribution >= 0.6 is 11.8 Å². The lowest BCUT2D eigenvalue weighted by Crippen LogP contribution is -2.22. The van der Waals surface area contributed by atoms with Gasteiger partial charge in [-0.3, -0.25) is 4.79 Å². The van der Waals surface area contributed by atoms with E-state index in [2.05, 4.69) is 0 Å². The van der Waals surface area contributed by atoms with Crippen molar-refractivity contribution in [2.45, 2.75) is 13.5 Å². The maximum absolute atomic E-state index is 11.4. The Kier molecular flexibility index (Phi) is 4.53. The fourth-order valence-corrected chi connectivity index (χ4v) is 1.69. The third-order valence-electron chi connectivity index (χ3n) is 1.84. The summed E-state index contributed by atoms with van der Waals surface area (Å²) in [6, 6.07) is 10.0. The fourth-order valence-electron chi connectivity index (χ4n) is 1.16. The highest BCUT2D eigenvalue weighted by atomic mass is 32.2. The highest BCUT2D eigenvalue weighted by molar-refractivity contribution is 8.13. The number of hydrogen-bond acceptors (Lipinski definition) is 2. The van der Waals surface area contributed by atoms with Crippen molar-refractivity contribution in [1.29, 1.82) is 0 Å². The average Bonchev–Trinajstić information content (AvgIpc) is 2.19. The van der Waals surface area contributed by atoms with Crippen molar-refractivity contribution in [3.63, 3.8) is 0 Å². The van der Waals surface area contributed by atoms with Crippen LogP contribution in [0.25, 0.3) is 0 Å². The van der Waals surface area contributed by atoms with Gasteiger partial charge in [0.1, 0.15) is 0 Å². The molecule has 2 nitrogen and oxygen atoms in total. The molecule has 0 N–H and O–H groups in total.